The zero-order valence-electron chi connectivity index (χ0n) is 18.2. The van der Waals surface area contributed by atoms with Crippen LogP contribution in [0.1, 0.15) is 5.56 Å². The number of primary amides is 1. The summed E-state index contributed by atoms with van der Waals surface area (Å²) in [5.74, 6) is -2.46. The van der Waals surface area contributed by atoms with E-state index in [1.54, 1.807) is 0 Å². The Morgan fingerprint density at radius 1 is 1.26 bits per heavy atom. The summed E-state index contributed by atoms with van der Waals surface area (Å²) < 4.78 is 55.0. The average Bonchev–Trinajstić information content (AvgIpc) is 2.70. The maximum atomic E-state index is 14.5. The Hall–Kier alpha value is -3.31. The highest BCUT2D eigenvalue weighted by molar-refractivity contribution is 6.44. The van der Waals surface area contributed by atoms with Crippen LogP contribution in [-0.2, 0) is 9.59 Å². The molecule has 0 radical (unpaired) electrons. The van der Waals surface area contributed by atoms with Crippen LogP contribution >= 0.6 is 23.2 Å². The van der Waals surface area contributed by atoms with Crippen molar-refractivity contribution < 1.29 is 27.2 Å². The molecule has 1 heterocycles. The van der Waals surface area contributed by atoms with Crippen LogP contribution in [-0.4, -0.2) is 53.8 Å². The minimum absolute atomic E-state index is 0.105. The summed E-state index contributed by atoms with van der Waals surface area (Å²) in [5.41, 5.74) is 7.15. The van der Waals surface area contributed by atoms with E-state index in [9.17, 15) is 27.2 Å². The van der Waals surface area contributed by atoms with E-state index in [1.165, 1.54) is 11.0 Å². The predicted molar refractivity (Wildman–Crippen MR) is 129 cm³/mol. The van der Waals surface area contributed by atoms with Gasteiger partial charge in [0.1, 0.15) is 23.6 Å². The third-order valence-corrected chi connectivity index (χ3v) is 5.67. The van der Waals surface area contributed by atoms with Crippen LogP contribution < -0.4 is 16.8 Å². The van der Waals surface area contributed by atoms with Gasteiger partial charge in [0, 0.05) is 22.5 Å². The quantitative estimate of drug-likeness (QED) is 0.146. The number of amides is 2. The van der Waals surface area contributed by atoms with Gasteiger partial charge in [0.2, 0.25) is 11.8 Å². The highest BCUT2D eigenvalue weighted by atomic mass is 35.5. The van der Waals surface area contributed by atoms with E-state index < -0.39 is 47.2 Å². The normalized spacial score (nSPS) is 16.1. The number of nitrogens with two attached hydrogens (primary N) is 2. The molecule has 0 saturated carbocycles. The number of nitrogens with one attached hydrogen (secondary N) is 1. The molecule has 35 heavy (non-hydrogen) atoms. The SMILES string of the molecule is C=CC(=O)N1CC(Nc2ccc(C(=NCC(N)=O)C(F)(F)F)c(N)c2)(/C(C(=C)F)=C(\Cl)C(=C)Cl)C1. The fourth-order valence-corrected chi connectivity index (χ4v) is 3.91. The third kappa shape index (κ3) is 6.23. The van der Waals surface area contributed by atoms with E-state index in [0.29, 0.717) is 0 Å². The highest BCUT2D eigenvalue weighted by Gasteiger charge is 2.50. The van der Waals surface area contributed by atoms with E-state index in [-0.39, 0.29) is 40.1 Å². The second-order valence-corrected chi connectivity index (χ2v) is 8.37. The number of anilines is 2. The Bertz CT molecular complexity index is 1150. The van der Waals surface area contributed by atoms with Gasteiger partial charge in [-0.1, -0.05) is 42.9 Å². The Morgan fingerprint density at radius 3 is 2.29 bits per heavy atom. The molecule has 2 rings (SSSR count). The average molecular weight is 534 g/mol. The lowest BCUT2D eigenvalue weighted by atomic mass is 9.80. The summed E-state index contributed by atoms with van der Waals surface area (Å²) in [7, 11) is 0. The van der Waals surface area contributed by atoms with Crippen LogP contribution in [0.4, 0.5) is 28.9 Å². The number of hydrogen-bond donors (Lipinski definition) is 3. The maximum Gasteiger partial charge on any atom is 0.433 e. The number of rotatable bonds is 9. The zero-order chi connectivity index (χ0) is 26.7. The summed E-state index contributed by atoms with van der Waals surface area (Å²) in [6.07, 6.45) is -3.86. The Kier molecular flexibility index (Phi) is 8.40. The standard InChI is InChI=1S/C22H21Cl2F4N5O2/c1-4-17(35)33-9-21(10-33,18(12(3)25)19(24)11(2)23)32-13-5-6-14(15(29)7-13)20(22(26,27)28)31-8-16(30)34/h4-7,32H,1-3,8-10,29H2,(H2,30,34)/b19-18-,31-20?. The van der Waals surface area contributed by atoms with Crippen LogP contribution in [0, 0.1) is 0 Å². The van der Waals surface area contributed by atoms with E-state index in [1.807, 2.05) is 0 Å². The number of benzene rings is 1. The second-order valence-electron chi connectivity index (χ2n) is 7.54. The van der Waals surface area contributed by atoms with Crippen molar-refractivity contribution in [3.63, 3.8) is 0 Å². The Labute approximate surface area is 208 Å². The van der Waals surface area contributed by atoms with Crippen molar-refractivity contribution in [2.75, 3.05) is 30.7 Å². The van der Waals surface area contributed by atoms with Gasteiger partial charge >= 0.3 is 6.18 Å². The number of alkyl halides is 3. The first-order chi connectivity index (χ1) is 16.1. The number of likely N-dealkylation sites (tertiary alicyclic amines) is 1. The van der Waals surface area contributed by atoms with Crippen molar-refractivity contribution in [3.8, 4) is 0 Å². The molecule has 1 fully saturated rings. The largest absolute Gasteiger partial charge is 0.433 e. The number of halogens is 6. The monoisotopic (exact) mass is 533 g/mol. The van der Waals surface area contributed by atoms with E-state index in [2.05, 4.69) is 30.0 Å². The zero-order valence-corrected chi connectivity index (χ0v) is 19.7. The number of carbonyl (C=O) groups is 2. The summed E-state index contributed by atoms with van der Waals surface area (Å²) >= 11 is 12.1. The molecule has 1 aliphatic heterocycles. The van der Waals surface area contributed by atoms with Gasteiger partial charge in [0.25, 0.3) is 0 Å². The molecule has 0 unspecified atom stereocenters. The van der Waals surface area contributed by atoms with Gasteiger partial charge in [-0.3, -0.25) is 14.6 Å². The maximum absolute atomic E-state index is 14.5. The van der Waals surface area contributed by atoms with Gasteiger partial charge in [-0.15, -0.1) is 0 Å². The molecule has 0 aliphatic carbocycles. The molecule has 5 N–H and O–H groups in total. The number of aliphatic imine (C=N–C) groups is 1. The fourth-order valence-electron chi connectivity index (χ4n) is 3.53. The van der Waals surface area contributed by atoms with Crippen molar-refractivity contribution in [3.05, 3.63) is 71.0 Å². The topological polar surface area (TPSA) is 114 Å². The molecule has 0 bridgehead atoms. The molecule has 7 nitrogen and oxygen atoms in total. The number of nitrogen functional groups attached to an aromatic ring is 1. The molecule has 13 heteroatoms. The van der Waals surface area contributed by atoms with E-state index in [0.717, 1.165) is 18.2 Å². The van der Waals surface area contributed by atoms with Crippen molar-refractivity contribution in [2.45, 2.75) is 11.7 Å². The van der Waals surface area contributed by atoms with Gasteiger partial charge in [-0.05, 0) is 24.3 Å². The molecule has 188 valence electrons. The van der Waals surface area contributed by atoms with Crippen LogP contribution in [0.25, 0.3) is 0 Å². The van der Waals surface area contributed by atoms with Crippen LogP contribution in [0.3, 0.4) is 0 Å². The number of carbonyl (C=O) groups excluding carboxylic acids is 2. The molecule has 0 atom stereocenters. The molecule has 0 spiro atoms. The predicted octanol–water partition coefficient (Wildman–Crippen LogP) is 4.01. The minimum Gasteiger partial charge on any atom is -0.398 e. The summed E-state index contributed by atoms with van der Waals surface area (Å²) in [6, 6.07) is 3.42. The second kappa shape index (κ2) is 10.5. The summed E-state index contributed by atoms with van der Waals surface area (Å²) in [6.45, 7) is 9.05. The third-order valence-electron chi connectivity index (χ3n) is 4.97. The first-order valence-corrected chi connectivity index (χ1v) is 10.5. The van der Waals surface area contributed by atoms with Crippen molar-refractivity contribution in [1.82, 2.24) is 4.90 Å². The molecular weight excluding hydrogens is 513 g/mol. The molecule has 1 aliphatic rings. The van der Waals surface area contributed by atoms with E-state index in [4.69, 9.17) is 34.7 Å². The number of allylic oxidation sites excluding steroid dienone is 2. The number of nitrogens with zero attached hydrogens (tertiary/aromatic N) is 2. The van der Waals surface area contributed by atoms with Gasteiger partial charge in [0.05, 0.1) is 23.2 Å². The molecule has 0 aromatic heterocycles. The molecular formula is C22H21Cl2F4N5O2. The van der Waals surface area contributed by atoms with Gasteiger partial charge in [-0.25, -0.2) is 4.39 Å². The molecule has 1 aromatic carbocycles. The van der Waals surface area contributed by atoms with Crippen molar-refractivity contribution in [1.29, 1.82) is 0 Å². The van der Waals surface area contributed by atoms with Crippen LogP contribution in [0.2, 0.25) is 0 Å². The summed E-state index contributed by atoms with van der Waals surface area (Å²) in [5, 5.41) is 2.53. The smallest absolute Gasteiger partial charge is 0.398 e. The summed E-state index contributed by atoms with van der Waals surface area (Å²) in [4.78, 5) is 27.5. The van der Waals surface area contributed by atoms with Crippen molar-refractivity contribution in [2.24, 2.45) is 10.7 Å². The fraction of sp³-hybridized carbons (Fsp3) is 0.227. The van der Waals surface area contributed by atoms with Crippen molar-refractivity contribution >= 4 is 52.1 Å². The first kappa shape index (κ1) is 27.9. The van der Waals surface area contributed by atoms with Gasteiger partial charge in [-0.2, -0.15) is 13.2 Å². The lowest BCUT2D eigenvalue weighted by molar-refractivity contribution is -0.131. The first-order valence-electron chi connectivity index (χ1n) is 9.72. The lowest BCUT2D eigenvalue weighted by Gasteiger charge is -2.52. The Balaban J connectivity index is 2.54. The minimum atomic E-state index is -4.92. The molecule has 2 amide bonds. The molecule has 1 aromatic rings. The molecule has 1 saturated heterocycles. The highest BCUT2D eigenvalue weighted by Crippen LogP contribution is 2.42. The van der Waals surface area contributed by atoms with E-state index >= 15 is 0 Å². The van der Waals surface area contributed by atoms with Gasteiger partial charge < -0.3 is 21.7 Å². The lowest BCUT2D eigenvalue weighted by Crippen LogP contribution is -2.68. The number of hydrogen-bond acceptors (Lipinski definition) is 5. The van der Waals surface area contributed by atoms with Crippen LogP contribution in [0.15, 0.2) is 70.5 Å². The van der Waals surface area contributed by atoms with Gasteiger partial charge in [0.15, 0.2) is 0 Å². The van der Waals surface area contributed by atoms with Crippen LogP contribution in [0.5, 0.6) is 0 Å². The Morgan fingerprint density at radius 2 is 1.86 bits per heavy atom.